The Kier molecular flexibility index (Phi) is 6.25. The highest BCUT2D eigenvalue weighted by Gasteiger charge is 2.40. The number of anilines is 1. The molecule has 0 fully saturated rings. The Morgan fingerprint density at radius 1 is 1.15 bits per heavy atom. The number of hydrogen-bond donors (Lipinski definition) is 3. The molecule has 1 unspecified atom stereocenters. The van der Waals surface area contributed by atoms with Gasteiger partial charge in [0.05, 0.1) is 21.6 Å². The summed E-state index contributed by atoms with van der Waals surface area (Å²) < 4.78 is 39.1. The van der Waals surface area contributed by atoms with Crippen molar-refractivity contribution in [3.8, 4) is 22.4 Å². The summed E-state index contributed by atoms with van der Waals surface area (Å²) in [5.74, 6) is 0. The van der Waals surface area contributed by atoms with Crippen molar-refractivity contribution in [3.05, 3.63) is 60.6 Å². The normalized spacial score (nSPS) is 12.5. The zero-order valence-electron chi connectivity index (χ0n) is 17.2. The molecule has 0 saturated heterocycles. The number of fused-ring (bicyclic) bond motifs is 1. The van der Waals surface area contributed by atoms with Crippen molar-refractivity contribution in [2.24, 2.45) is 0 Å². The van der Waals surface area contributed by atoms with Crippen molar-refractivity contribution in [3.63, 3.8) is 0 Å². The van der Waals surface area contributed by atoms with E-state index in [1.807, 2.05) is 18.2 Å². The van der Waals surface area contributed by atoms with Gasteiger partial charge in [-0.15, -0.1) is 0 Å². The summed E-state index contributed by atoms with van der Waals surface area (Å²) in [4.78, 5) is 24.6. The molecule has 33 heavy (non-hydrogen) atoms. The molecule has 7 nitrogen and oxygen atoms in total. The minimum Gasteiger partial charge on any atom is -0.378 e. The van der Waals surface area contributed by atoms with Crippen LogP contribution in [0.15, 0.2) is 54.9 Å². The lowest BCUT2D eigenvalue weighted by Gasteiger charge is -2.14. The lowest BCUT2D eigenvalue weighted by atomic mass is 10.0. The number of pyridine rings is 2. The fourth-order valence-corrected chi connectivity index (χ4v) is 4.14. The largest absolute Gasteiger partial charge is 0.420 e. The van der Waals surface area contributed by atoms with Crippen molar-refractivity contribution in [1.29, 1.82) is 0 Å². The first-order chi connectivity index (χ1) is 15.8. The van der Waals surface area contributed by atoms with Gasteiger partial charge < -0.3 is 10.4 Å². The van der Waals surface area contributed by atoms with Gasteiger partial charge in [0.15, 0.2) is 11.2 Å². The molecular weight excluding hydrogens is 455 g/mol. The lowest BCUT2D eigenvalue weighted by molar-refractivity contribution is -0.207. The van der Waals surface area contributed by atoms with Gasteiger partial charge >= 0.3 is 12.2 Å². The van der Waals surface area contributed by atoms with Crippen LogP contribution in [-0.2, 0) is 0 Å². The molecule has 0 bridgehead atoms. The maximum atomic E-state index is 12.8. The van der Waals surface area contributed by atoms with E-state index >= 15 is 0 Å². The second-order valence-electron chi connectivity index (χ2n) is 7.01. The minimum absolute atomic E-state index is 0.376. The van der Waals surface area contributed by atoms with Crippen LogP contribution >= 0.6 is 11.3 Å². The number of halogens is 3. The third-order valence-electron chi connectivity index (χ3n) is 4.70. The third kappa shape index (κ3) is 4.94. The van der Waals surface area contributed by atoms with Crippen molar-refractivity contribution in [2.75, 3.05) is 11.9 Å². The molecule has 2 amide bonds. The van der Waals surface area contributed by atoms with Crippen LogP contribution in [0.3, 0.4) is 0 Å². The van der Waals surface area contributed by atoms with Gasteiger partial charge in [-0.05, 0) is 42.8 Å². The first kappa shape index (κ1) is 22.6. The van der Waals surface area contributed by atoms with E-state index in [2.05, 4.69) is 25.6 Å². The molecule has 3 heterocycles. The van der Waals surface area contributed by atoms with E-state index in [4.69, 9.17) is 0 Å². The molecule has 0 aliphatic heterocycles. The summed E-state index contributed by atoms with van der Waals surface area (Å²) in [7, 11) is 0. The van der Waals surface area contributed by atoms with Gasteiger partial charge in [-0.1, -0.05) is 23.5 Å². The van der Waals surface area contributed by atoms with Crippen molar-refractivity contribution in [1.82, 2.24) is 20.3 Å². The summed E-state index contributed by atoms with van der Waals surface area (Å²) in [6.07, 6.45) is -4.53. The Hall–Kier alpha value is -3.57. The number of hydrogen-bond acceptors (Lipinski definition) is 6. The number of carbonyl (C=O) groups excluding carboxylic acids is 1. The van der Waals surface area contributed by atoms with Crippen molar-refractivity contribution in [2.45, 2.75) is 19.2 Å². The molecule has 170 valence electrons. The average Bonchev–Trinajstić information content (AvgIpc) is 3.20. The van der Waals surface area contributed by atoms with Gasteiger partial charge in [0.1, 0.15) is 0 Å². The molecule has 4 aromatic rings. The molecule has 0 radical (unpaired) electrons. The summed E-state index contributed by atoms with van der Waals surface area (Å²) in [6, 6.07) is 11.3. The zero-order valence-corrected chi connectivity index (χ0v) is 18.0. The summed E-state index contributed by atoms with van der Waals surface area (Å²) in [5.41, 5.74) is 2.72. The van der Waals surface area contributed by atoms with Gasteiger partial charge in [0.25, 0.3) is 0 Å². The number of amides is 2. The number of rotatable bonds is 5. The Morgan fingerprint density at radius 3 is 2.61 bits per heavy atom. The molecule has 4 rings (SSSR count). The molecule has 11 heteroatoms. The first-order valence-corrected chi connectivity index (χ1v) is 10.7. The monoisotopic (exact) mass is 473 g/mol. The fourth-order valence-electron chi connectivity index (χ4n) is 3.17. The molecule has 0 aliphatic carbocycles. The van der Waals surface area contributed by atoms with Crippen LogP contribution in [0.2, 0.25) is 0 Å². The number of thiazole rings is 1. The predicted molar refractivity (Wildman–Crippen MR) is 120 cm³/mol. The molecule has 3 aromatic heterocycles. The van der Waals surface area contributed by atoms with Crippen LogP contribution in [-0.4, -0.2) is 38.8 Å². The van der Waals surface area contributed by atoms with Crippen molar-refractivity contribution < 1.29 is 23.1 Å². The van der Waals surface area contributed by atoms with Gasteiger partial charge in [-0.3, -0.25) is 15.3 Å². The van der Waals surface area contributed by atoms with Crippen LogP contribution in [0.1, 0.15) is 18.7 Å². The maximum Gasteiger partial charge on any atom is 0.420 e. The first-order valence-electron chi connectivity index (χ1n) is 9.88. The summed E-state index contributed by atoms with van der Waals surface area (Å²) in [5, 5.41) is 15.2. The van der Waals surface area contributed by atoms with Crippen LogP contribution in [0.4, 0.5) is 23.1 Å². The van der Waals surface area contributed by atoms with Crippen molar-refractivity contribution >= 4 is 32.7 Å². The van der Waals surface area contributed by atoms with E-state index in [-0.39, 0.29) is 6.03 Å². The molecule has 0 saturated carbocycles. The Labute approximate surface area is 190 Å². The number of carbonyl (C=O) groups is 1. The number of urea groups is 1. The smallest absolute Gasteiger partial charge is 0.378 e. The van der Waals surface area contributed by atoms with Crippen LogP contribution in [0, 0.1) is 0 Å². The summed E-state index contributed by atoms with van der Waals surface area (Å²) >= 11 is 1.29. The van der Waals surface area contributed by atoms with E-state index in [1.54, 1.807) is 25.3 Å². The van der Waals surface area contributed by atoms with Crippen LogP contribution in [0.5, 0.6) is 0 Å². The van der Waals surface area contributed by atoms with Gasteiger partial charge in [-0.25, -0.2) is 9.78 Å². The highest BCUT2D eigenvalue weighted by Crippen LogP contribution is 2.38. The van der Waals surface area contributed by atoms with Gasteiger partial charge in [0.2, 0.25) is 0 Å². The highest BCUT2D eigenvalue weighted by molar-refractivity contribution is 7.22. The van der Waals surface area contributed by atoms with Crippen LogP contribution in [0.25, 0.3) is 32.6 Å². The third-order valence-corrected chi connectivity index (χ3v) is 5.72. The standard InChI is InChI=1S/C22H18F3N5O2S/c1-2-26-20(32)30-21-29-17-10-13(9-14(18(17)33-21)15-5-3-4-8-27-15)12-6-7-16(28-11-12)19(31)22(23,24)25/h3-11,19,31H,2H2,1H3,(H2,26,29,30,32). The molecule has 0 spiro atoms. The number of aromatic nitrogens is 3. The van der Waals surface area contributed by atoms with Crippen LogP contribution < -0.4 is 10.6 Å². The number of alkyl halides is 3. The minimum atomic E-state index is -4.80. The molecular formula is C22H18F3N5O2S. The topological polar surface area (TPSA) is 100 Å². The average molecular weight is 473 g/mol. The number of aliphatic hydroxyl groups excluding tert-OH is 1. The Morgan fingerprint density at radius 2 is 1.97 bits per heavy atom. The Bertz CT molecular complexity index is 1280. The zero-order chi connectivity index (χ0) is 23.6. The number of nitrogens with one attached hydrogen (secondary N) is 2. The van der Waals surface area contributed by atoms with E-state index in [0.717, 1.165) is 16.3 Å². The predicted octanol–water partition coefficient (Wildman–Crippen LogP) is 5.16. The highest BCUT2D eigenvalue weighted by atomic mass is 32.1. The number of aliphatic hydroxyl groups is 1. The van der Waals surface area contributed by atoms with E-state index in [0.29, 0.717) is 34.0 Å². The molecule has 1 aromatic carbocycles. The van der Waals surface area contributed by atoms with E-state index < -0.39 is 18.0 Å². The fraction of sp³-hybridized carbons (Fsp3) is 0.182. The number of nitrogens with zero attached hydrogens (tertiary/aromatic N) is 3. The van der Waals surface area contributed by atoms with Gasteiger partial charge in [0, 0.05) is 30.1 Å². The Balaban J connectivity index is 1.78. The van der Waals surface area contributed by atoms with E-state index in [9.17, 15) is 23.1 Å². The quantitative estimate of drug-likeness (QED) is 0.372. The lowest BCUT2D eigenvalue weighted by Crippen LogP contribution is -2.28. The van der Waals surface area contributed by atoms with Gasteiger partial charge in [-0.2, -0.15) is 13.2 Å². The summed E-state index contributed by atoms with van der Waals surface area (Å²) in [6.45, 7) is 2.27. The second-order valence-corrected chi connectivity index (χ2v) is 8.01. The number of benzene rings is 1. The maximum absolute atomic E-state index is 12.8. The molecule has 3 N–H and O–H groups in total. The van der Waals surface area contributed by atoms with E-state index in [1.165, 1.54) is 23.6 Å². The molecule has 1 atom stereocenters. The molecule has 0 aliphatic rings. The second kappa shape index (κ2) is 9.12. The SMILES string of the molecule is CCNC(=O)Nc1nc2cc(-c3ccc(C(O)C(F)(F)F)nc3)cc(-c3ccccn3)c2s1.